The molecule has 0 atom stereocenters. The topological polar surface area (TPSA) is 139 Å². The van der Waals surface area contributed by atoms with Crippen molar-refractivity contribution in [2.75, 3.05) is 25.3 Å². The molecule has 1 aliphatic heterocycles. The number of oxime groups is 1. The van der Waals surface area contributed by atoms with Gasteiger partial charge in [0.15, 0.2) is 18.1 Å². The highest BCUT2D eigenvalue weighted by molar-refractivity contribution is 6.31. The first kappa shape index (κ1) is 21.8. The fourth-order valence-corrected chi connectivity index (χ4v) is 2.66. The lowest BCUT2D eigenvalue weighted by Gasteiger charge is -2.07. The van der Waals surface area contributed by atoms with Gasteiger partial charge in [-0.1, -0.05) is 16.8 Å². The van der Waals surface area contributed by atoms with E-state index in [1.807, 2.05) is 0 Å². The number of nitrogens with one attached hydrogen (secondary N) is 1. The van der Waals surface area contributed by atoms with Crippen LogP contribution in [0, 0.1) is 10.1 Å². The molecule has 31 heavy (non-hydrogen) atoms. The van der Waals surface area contributed by atoms with Gasteiger partial charge in [-0.2, -0.15) is 0 Å². The highest BCUT2D eigenvalue weighted by atomic mass is 35.5. The molecule has 0 saturated heterocycles. The Morgan fingerprint density at radius 1 is 1.19 bits per heavy atom. The quantitative estimate of drug-likeness (QED) is 0.281. The number of nitro groups is 1. The zero-order chi connectivity index (χ0) is 22.4. The van der Waals surface area contributed by atoms with Gasteiger partial charge in [0.25, 0.3) is 11.6 Å². The highest BCUT2D eigenvalue weighted by Crippen LogP contribution is 2.32. The van der Waals surface area contributed by atoms with Crippen LogP contribution in [0.5, 0.6) is 11.5 Å². The normalized spacial score (nSPS) is 12.3. The predicted molar refractivity (Wildman–Crippen MR) is 108 cm³/mol. The number of rotatable bonds is 8. The van der Waals surface area contributed by atoms with Crippen molar-refractivity contribution < 1.29 is 33.6 Å². The predicted octanol–water partition coefficient (Wildman–Crippen LogP) is 2.90. The van der Waals surface area contributed by atoms with Crippen LogP contribution in [0.25, 0.3) is 0 Å². The number of amides is 1. The van der Waals surface area contributed by atoms with Crippen LogP contribution in [0.2, 0.25) is 5.02 Å². The fraction of sp³-hybridized carbons (Fsp3) is 0.211. The highest BCUT2D eigenvalue weighted by Gasteiger charge is 2.18. The first-order valence-electron chi connectivity index (χ1n) is 8.79. The maximum absolute atomic E-state index is 11.9. The van der Waals surface area contributed by atoms with Gasteiger partial charge in [-0.25, -0.2) is 4.79 Å². The lowest BCUT2D eigenvalue weighted by molar-refractivity contribution is -0.383. The van der Waals surface area contributed by atoms with Crippen LogP contribution in [0.4, 0.5) is 11.4 Å². The van der Waals surface area contributed by atoms with Crippen molar-refractivity contribution >= 4 is 40.6 Å². The number of benzene rings is 2. The molecule has 0 unspecified atom stereocenters. The Morgan fingerprint density at radius 2 is 1.97 bits per heavy atom. The first-order valence-corrected chi connectivity index (χ1v) is 9.17. The molecule has 12 heteroatoms. The Kier molecular flexibility index (Phi) is 6.88. The number of nitrogens with zero attached hydrogens (tertiary/aromatic N) is 2. The third-order valence-electron chi connectivity index (χ3n) is 3.97. The molecule has 1 N–H and O–H groups in total. The number of carbonyl (C=O) groups is 2. The Bertz CT molecular complexity index is 1060. The summed E-state index contributed by atoms with van der Waals surface area (Å²) in [6.45, 7) is 0.634. The number of hydrogen-bond acceptors (Lipinski definition) is 9. The molecule has 0 aliphatic carbocycles. The lowest BCUT2D eigenvalue weighted by atomic mass is 10.1. The van der Waals surface area contributed by atoms with Crippen molar-refractivity contribution in [1.82, 2.24) is 0 Å². The number of anilines is 1. The summed E-state index contributed by atoms with van der Waals surface area (Å²) in [6, 6.07) is 8.96. The monoisotopic (exact) mass is 449 g/mol. The van der Waals surface area contributed by atoms with Crippen molar-refractivity contribution in [2.45, 2.75) is 6.92 Å². The largest absolute Gasteiger partial charge is 0.454 e. The minimum absolute atomic E-state index is 0.0735. The number of carbonyl (C=O) groups excluding carboxylic acids is 2. The second-order valence-electron chi connectivity index (χ2n) is 6.15. The number of fused-ring (bicyclic) bond motifs is 1. The molecule has 0 fully saturated rings. The lowest BCUT2D eigenvalue weighted by Crippen LogP contribution is -2.23. The summed E-state index contributed by atoms with van der Waals surface area (Å²) >= 11 is 5.71. The molecule has 1 aliphatic rings. The van der Waals surface area contributed by atoms with Crippen molar-refractivity contribution in [2.24, 2.45) is 5.16 Å². The van der Waals surface area contributed by atoms with Gasteiger partial charge in [-0.15, -0.1) is 0 Å². The van der Waals surface area contributed by atoms with Gasteiger partial charge in [-0.05, 0) is 37.3 Å². The van der Waals surface area contributed by atoms with Crippen LogP contribution in [0.3, 0.4) is 0 Å². The van der Waals surface area contributed by atoms with E-state index in [1.54, 1.807) is 25.1 Å². The molecule has 162 valence electrons. The second-order valence-corrected chi connectivity index (χ2v) is 6.58. The molecule has 2 aromatic carbocycles. The Balaban J connectivity index is 1.45. The summed E-state index contributed by atoms with van der Waals surface area (Å²) in [5, 5.41) is 17.3. The molecular weight excluding hydrogens is 434 g/mol. The van der Waals surface area contributed by atoms with Gasteiger partial charge < -0.3 is 24.4 Å². The average molecular weight is 450 g/mol. The molecule has 0 spiro atoms. The van der Waals surface area contributed by atoms with Gasteiger partial charge in [0.05, 0.1) is 10.6 Å². The minimum atomic E-state index is -0.844. The zero-order valence-corrected chi connectivity index (χ0v) is 16.9. The number of nitro benzene ring substituents is 1. The van der Waals surface area contributed by atoms with Crippen molar-refractivity contribution in [3.63, 3.8) is 0 Å². The van der Waals surface area contributed by atoms with E-state index in [9.17, 15) is 19.7 Å². The molecule has 0 bridgehead atoms. The number of halogens is 1. The summed E-state index contributed by atoms with van der Waals surface area (Å²) in [7, 11) is 0. The van der Waals surface area contributed by atoms with E-state index in [1.165, 1.54) is 12.1 Å². The molecule has 3 rings (SSSR count). The third-order valence-corrected chi connectivity index (χ3v) is 4.20. The average Bonchev–Trinajstić information content (AvgIpc) is 3.21. The summed E-state index contributed by atoms with van der Waals surface area (Å²) in [4.78, 5) is 38.9. The van der Waals surface area contributed by atoms with Gasteiger partial charge >= 0.3 is 5.97 Å². The maximum atomic E-state index is 11.9. The van der Waals surface area contributed by atoms with Gasteiger partial charge in [0.2, 0.25) is 13.4 Å². The van der Waals surface area contributed by atoms with Crippen LogP contribution in [0.1, 0.15) is 12.5 Å². The minimum Gasteiger partial charge on any atom is -0.454 e. The van der Waals surface area contributed by atoms with E-state index in [2.05, 4.69) is 10.5 Å². The van der Waals surface area contributed by atoms with E-state index >= 15 is 0 Å². The Labute approximate surface area is 180 Å². The molecule has 1 heterocycles. The van der Waals surface area contributed by atoms with Gasteiger partial charge in [0.1, 0.15) is 5.69 Å². The second kappa shape index (κ2) is 9.76. The van der Waals surface area contributed by atoms with Crippen LogP contribution < -0.4 is 14.8 Å². The van der Waals surface area contributed by atoms with Crippen LogP contribution >= 0.6 is 11.6 Å². The Hall–Kier alpha value is -3.86. The van der Waals surface area contributed by atoms with Gasteiger partial charge in [0, 0.05) is 16.7 Å². The SMILES string of the molecule is C/C(=N\OCC(=O)OCC(=O)Nc1ccc(Cl)cc1[N+](=O)[O-])c1ccc2c(c1)OCO2. The smallest absolute Gasteiger partial charge is 0.347 e. The standard InChI is InChI=1S/C19H16ClN3O8/c1-11(12-2-5-16-17(6-12)30-10-29-16)22-31-9-19(25)28-8-18(24)21-14-4-3-13(20)7-15(14)23(26)27/h2-7H,8-10H2,1H3,(H,21,24)/b22-11+. The number of esters is 1. The summed E-state index contributed by atoms with van der Waals surface area (Å²) in [5.41, 5.74) is 0.736. The van der Waals surface area contributed by atoms with Crippen LogP contribution in [-0.4, -0.2) is 42.5 Å². The van der Waals surface area contributed by atoms with Crippen molar-refractivity contribution in [1.29, 1.82) is 0 Å². The zero-order valence-electron chi connectivity index (χ0n) is 16.1. The van der Waals surface area contributed by atoms with E-state index in [0.717, 1.165) is 6.07 Å². The van der Waals surface area contributed by atoms with Crippen LogP contribution in [-0.2, 0) is 19.2 Å². The summed E-state index contributed by atoms with van der Waals surface area (Å²) in [6.07, 6.45) is 0. The van der Waals surface area contributed by atoms with Crippen LogP contribution in [0.15, 0.2) is 41.6 Å². The molecule has 0 saturated carbocycles. The molecule has 1 amide bonds. The number of ether oxygens (including phenoxy) is 3. The van der Waals surface area contributed by atoms with Crippen molar-refractivity contribution in [3.8, 4) is 11.5 Å². The maximum Gasteiger partial charge on any atom is 0.347 e. The fourth-order valence-electron chi connectivity index (χ4n) is 2.49. The number of hydrogen-bond donors (Lipinski definition) is 1. The molecule has 2 aromatic rings. The molecular formula is C19H16ClN3O8. The summed E-state index contributed by atoms with van der Waals surface area (Å²) in [5.74, 6) is -0.400. The Morgan fingerprint density at radius 3 is 2.74 bits per heavy atom. The summed E-state index contributed by atoms with van der Waals surface area (Å²) < 4.78 is 15.3. The molecule has 11 nitrogen and oxygen atoms in total. The van der Waals surface area contributed by atoms with E-state index in [0.29, 0.717) is 22.8 Å². The first-order chi connectivity index (χ1) is 14.8. The third kappa shape index (κ3) is 5.82. The molecule has 0 aromatic heterocycles. The van der Waals surface area contributed by atoms with E-state index < -0.39 is 30.0 Å². The van der Waals surface area contributed by atoms with E-state index in [-0.39, 0.29) is 23.2 Å². The molecule has 0 radical (unpaired) electrons. The van der Waals surface area contributed by atoms with Gasteiger partial charge in [-0.3, -0.25) is 14.9 Å². The van der Waals surface area contributed by atoms with Crippen molar-refractivity contribution in [3.05, 3.63) is 57.1 Å². The van der Waals surface area contributed by atoms with E-state index in [4.69, 9.17) is 30.6 Å².